The van der Waals surface area contributed by atoms with Crippen molar-refractivity contribution in [3.63, 3.8) is 0 Å². The number of para-hydroxylation sites is 6. The second-order valence-electron chi connectivity index (χ2n) is 19.9. The summed E-state index contributed by atoms with van der Waals surface area (Å²) in [5, 5.41) is 7.38. The predicted octanol–water partition coefficient (Wildman–Crippen LogP) is 16.7. The van der Waals surface area contributed by atoms with Gasteiger partial charge in [-0.1, -0.05) is 176 Å². The maximum absolute atomic E-state index is 5.42. The van der Waals surface area contributed by atoms with Crippen molar-refractivity contribution < 1.29 is 0 Å². The molecule has 0 amide bonds. The molecule has 0 saturated heterocycles. The van der Waals surface area contributed by atoms with Gasteiger partial charge in [0.05, 0.1) is 44.5 Å². The van der Waals surface area contributed by atoms with E-state index in [9.17, 15) is 0 Å². The largest absolute Gasteiger partial charge is 0.307 e. The van der Waals surface area contributed by atoms with Gasteiger partial charge >= 0.3 is 0 Å². The van der Waals surface area contributed by atoms with E-state index >= 15 is 0 Å². The molecule has 0 unspecified atom stereocenters. The van der Waals surface area contributed by atoms with Gasteiger partial charge in [0.1, 0.15) is 0 Å². The molecule has 10 aromatic carbocycles. The van der Waals surface area contributed by atoms with Crippen LogP contribution >= 0.6 is 0 Å². The van der Waals surface area contributed by atoms with E-state index in [1.165, 1.54) is 71.4 Å². The Morgan fingerprint density at radius 3 is 1.07 bits per heavy atom. The van der Waals surface area contributed by atoms with Gasteiger partial charge < -0.3 is 18.3 Å². The van der Waals surface area contributed by atoms with Crippen LogP contribution in [0.5, 0.6) is 0 Å². The van der Waals surface area contributed by atoms with Crippen molar-refractivity contribution in [1.29, 1.82) is 0 Å². The Morgan fingerprint density at radius 1 is 0.250 bits per heavy atom. The van der Waals surface area contributed by atoms with Gasteiger partial charge in [-0.25, -0.2) is 15.0 Å². The van der Waals surface area contributed by atoms with E-state index in [1.54, 1.807) is 0 Å². The summed E-state index contributed by atoms with van der Waals surface area (Å²) in [6.07, 6.45) is 1.91. The van der Waals surface area contributed by atoms with Crippen LogP contribution in [0.25, 0.3) is 134 Å². The Bertz CT molecular complexity index is 4810. The van der Waals surface area contributed by atoms with E-state index in [-0.39, 0.29) is 0 Å². The third kappa shape index (κ3) is 6.32. The fraction of sp³-hybridized carbons (Fsp3) is 0.0290. The van der Waals surface area contributed by atoms with Crippen molar-refractivity contribution in [2.75, 3.05) is 0 Å². The van der Waals surface area contributed by atoms with Gasteiger partial charge in [-0.2, -0.15) is 0 Å². The van der Waals surface area contributed by atoms with Crippen molar-refractivity contribution >= 4 is 65.4 Å². The highest BCUT2D eigenvalue weighted by Crippen LogP contribution is 2.47. The SMILES string of the molecule is c1ccc(-c2nc(-c3cccc(-n4c5c(c6ccccc64)CCc4c-5n(-c5ccccc5)c5ccccc45)c3)nc(-c3cccc(-n4c5ccccc5c5ccc6c7ccccc7n(-c7ccccc7)c6c54)c3)n2)cc1. The van der Waals surface area contributed by atoms with Crippen molar-refractivity contribution in [3.8, 4) is 68.3 Å². The van der Waals surface area contributed by atoms with Crippen LogP contribution in [0.15, 0.2) is 249 Å². The Morgan fingerprint density at radius 2 is 0.579 bits per heavy atom. The molecule has 0 saturated carbocycles. The minimum absolute atomic E-state index is 0.598. The molecule has 0 bridgehead atoms. The standard InChI is InChI=1S/C69H45N7/c1-4-20-44(21-5-1)67-70-68(45-22-18-28-49(42-45)75-61-36-16-12-32-53(61)57-40-38-55-51-30-10-14-34-59(51)73(63(55)65(57)75)47-24-6-2-7-25-47)72-69(71-67)46-23-19-29-50(43-46)76-62-37-17-13-33-54(62)58-41-39-56-52-31-11-15-35-60(52)74(64(56)66(58)76)48-26-8-3-9-27-48/h1-38,40,42-43H,39,41H2. The smallest absolute Gasteiger partial charge is 0.164 e. The van der Waals surface area contributed by atoms with Crippen molar-refractivity contribution in [1.82, 2.24) is 33.2 Å². The highest BCUT2D eigenvalue weighted by molar-refractivity contribution is 6.24. The molecule has 0 spiro atoms. The van der Waals surface area contributed by atoms with Crippen LogP contribution in [0.3, 0.4) is 0 Å². The normalized spacial score (nSPS) is 12.4. The van der Waals surface area contributed by atoms with Crippen LogP contribution in [0, 0.1) is 0 Å². The summed E-state index contributed by atoms with van der Waals surface area (Å²) in [6, 6.07) is 89.1. The van der Waals surface area contributed by atoms with E-state index in [0.29, 0.717) is 17.5 Å². The average Bonchev–Trinajstić information content (AvgIpc) is 4.27. The molecule has 16 rings (SSSR count). The maximum Gasteiger partial charge on any atom is 0.164 e. The zero-order chi connectivity index (χ0) is 49.8. The number of aryl methyl sites for hydroxylation is 2. The zero-order valence-corrected chi connectivity index (χ0v) is 41.2. The average molecular weight is 972 g/mol. The summed E-state index contributed by atoms with van der Waals surface area (Å²) >= 11 is 0. The first-order valence-corrected chi connectivity index (χ1v) is 26.1. The lowest BCUT2D eigenvalue weighted by molar-refractivity contribution is 0.921. The Hall–Kier alpha value is -10.1. The van der Waals surface area contributed by atoms with Gasteiger partial charge in [0, 0.05) is 71.8 Å². The maximum atomic E-state index is 5.42. The second kappa shape index (κ2) is 16.7. The minimum atomic E-state index is 0.598. The highest BCUT2D eigenvalue weighted by atomic mass is 15.1. The molecule has 7 nitrogen and oxygen atoms in total. The number of hydrogen-bond donors (Lipinski definition) is 0. The lowest BCUT2D eigenvalue weighted by Gasteiger charge is -2.21. The van der Waals surface area contributed by atoms with Crippen molar-refractivity contribution in [2.45, 2.75) is 12.8 Å². The lowest BCUT2D eigenvalue weighted by atomic mass is 9.92. The van der Waals surface area contributed by atoms with E-state index in [4.69, 9.17) is 15.0 Å². The Kier molecular flexibility index (Phi) is 9.32. The molecule has 0 radical (unpaired) electrons. The van der Waals surface area contributed by atoms with Crippen LogP contribution in [-0.4, -0.2) is 33.2 Å². The van der Waals surface area contributed by atoms with Crippen molar-refractivity contribution in [3.05, 3.63) is 260 Å². The lowest BCUT2D eigenvalue weighted by Crippen LogP contribution is -2.09. The summed E-state index contributed by atoms with van der Waals surface area (Å²) in [5.74, 6) is 1.82. The van der Waals surface area contributed by atoms with Crippen LogP contribution in [0.2, 0.25) is 0 Å². The molecule has 0 atom stereocenters. The first kappa shape index (κ1) is 42.4. The van der Waals surface area contributed by atoms with Gasteiger partial charge in [-0.15, -0.1) is 0 Å². The molecule has 0 N–H and O–H groups in total. The second-order valence-corrected chi connectivity index (χ2v) is 19.9. The first-order valence-electron chi connectivity index (χ1n) is 26.1. The summed E-state index contributed by atoms with van der Waals surface area (Å²) in [6.45, 7) is 0. The number of fused-ring (bicyclic) bond motifs is 14. The number of hydrogen-bond acceptors (Lipinski definition) is 3. The summed E-state index contributed by atoms with van der Waals surface area (Å²) < 4.78 is 9.82. The number of nitrogens with zero attached hydrogens (tertiary/aromatic N) is 7. The summed E-state index contributed by atoms with van der Waals surface area (Å²) in [7, 11) is 0. The molecule has 356 valence electrons. The monoisotopic (exact) mass is 971 g/mol. The van der Waals surface area contributed by atoms with Crippen LogP contribution in [0.4, 0.5) is 0 Å². The zero-order valence-electron chi connectivity index (χ0n) is 41.2. The van der Waals surface area contributed by atoms with Gasteiger partial charge in [-0.3, -0.25) is 0 Å². The molecular weight excluding hydrogens is 927 g/mol. The number of benzene rings is 10. The molecule has 0 aliphatic heterocycles. The molecule has 5 heterocycles. The summed E-state index contributed by atoms with van der Waals surface area (Å²) in [5.41, 5.74) is 19.3. The molecule has 15 aromatic rings. The first-order chi connectivity index (χ1) is 37.7. The van der Waals surface area contributed by atoms with Crippen molar-refractivity contribution in [2.24, 2.45) is 0 Å². The third-order valence-electron chi connectivity index (χ3n) is 15.7. The quantitative estimate of drug-likeness (QED) is 0.160. The summed E-state index contributed by atoms with van der Waals surface area (Å²) in [4.78, 5) is 16.0. The van der Waals surface area contributed by atoms with E-state index in [1.807, 2.05) is 18.2 Å². The molecule has 7 heteroatoms. The molecule has 1 aliphatic rings. The van der Waals surface area contributed by atoms with Crippen LogP contribution in [0.1, 0.15) is 11.1 Å². The van der Waals surface area contributed by atoms with Gasteiger partial charge in [0.15, 0.2) is 17.5 Å². The third-order valence-corrected chi connectivity index (χ3v) is 15.7. The molecular formula is C69H45N7. The Balaban J connectivity index is 0.899. The van der Waals surface area contributed by atoms with Gasteiger partial charge in [0.2, 0.25) is 0 Å². The van der Waals surface area contributed by atoms with Crippen LogP contribution < -0.4 is 0 Å². The molecule has 76 heavy (non-hydrogen) atoms. The minimum Gasteiger partial charge on any atom is -0.307 e. The Labute approximate surface area is 437 Å². The van der Waals surface area contributed by atoms with E-state index in [2.05, 4.69) is 249 Å². The van der Waals surface area contributed by atoms with Gasteiger partial charge in [-0.05, 0) is 96.8 Å². The topological polar surface area (TPSA) is 58.4 Å². The predicted molar refractivity (Wildman–Crippen MR) is 311 cm³/mol. The van der Waals surface area contributed by atoms with Crippen LogP contribution in [-0.2, 0) is 12.8 Å². The fourth-order valence-electron chi connectivity index (χ4n) is 12.5. The number of aromatic nitrogens is 7. The fourth-order valence-corrected chi connectivity index (χ4v) is 12.5. The molecule has 5 aromatic heterocycles. The molecule has 0 fully saturated rings. The number of rotatable bonds is 7. The molecule has 1 aliphatic carbocycles. The highest BCUT2D eigenvalue weighted by Gasteiger charge is 2.31. The van der Waals surface area contributed by atoms with E-state index in [0.717, 1.165) is 68.8 Å². The van der Waals surface area contributed by atoms with E-state index < -0.39 is 0 Å². The van der Waals surface area contributed by atoms with Gasteiger partial charge in [0.25, 0.3) is 0 Å².